The number of carbonyl (C=O) groups excluding carboxylic acids is 1. The zero-order chi connectivity index (χ0) is 17.6. The zero-order valence-corrected chi connectivity index (χ0v) is 14.4. The number of amides is 1. The number of furan rings is 1. The maximum Gasteiger partial charge on any atom is 0.251 e. The molecular formula is C19H24N2O4. The van der Waals surface area contributed by atoms with E-state index in [-0.39, 0.29) is 11.9 Å². The maximum absolute atomic E-state index is 11.6. The van der Waals surface area contributed by atoms with Crippen molar-refractivity contribution in [2.24, 2.45) is 0 Å². The second kappa shape index (κ2) is 8.29. The lowest BCUT2D eigenvalue weighted by molar-refractivity contribution is -0.0323. The van der Waals surface area contributed by atoms with Crippen LogP contribution in [0.2, 0.25) is 0 Å². The van der Waals surface area contributed by atoms with Crippen LogP contribution in [0.4, 0.5) is 0 Å². The molecule has 2 heterocycles. The van der Waals surface area contributed by atoms with Crippen molar-refractivity contribution in [1.82, 2.24) is 10.2 Å². The van der Waals surface area contributed by atoms with Crippen LogP contribution in [-0.2, 0) is 11.3 Å². The van der Waals surface area contributed by atoms with E-state index in [0.717, 1.165) is 18.7 Å². The molecule has 2 N–H and O–H groups in total. The number of nitrogens with zero attached hydrogens (tertiary/aromatic N) is 1. The van der Waals surface area contributed by atoms with Crippen LogP contribution < -0.4 is 5.32 Å². The van der Waals surface area contributed by atoms with E-state index in [1.54, 1.807) is 25.4 Å². The average Bonchev–Trinajstić information content (AvgIpc) is 3.18. The normalized spacial score (nSPS) is 19.5. The fraction of sp³-hybridized carbons (Fsp3) is 0.421. The molecule has 0 aliphatic carbocycles. The smallest absolute Gasteiger partial charge is 0.251 e. The van der Waals surface area contributed by atoms with Gasteiger partial charge in [0, 0.05) is 31.7 Å². The number of carbonyl (C=O) groups is 1. The van der Waals surface area contributed by atoms with Gasteiger partial charge in [0.05, 0.1) is 19.5 Å². The summed E-state index contributed by atoms with van der Waals surface area (Å²) in [6.07, 6.45) is 1.49. The van der Waals surface area contributed by atoms with Crippen molar-refractivity contribution in [2.45, 2.75) is 25.1 Å². The fourth-order valence-corrected chi connectivity index (χ4v) is 3.11. The summed E-state index contributed by atoms with van der Waals surface area (Å²) in [5.74, 6) is 0.498. The van der Waals surface area contributed by atoms with Gasteiger partial charge >= 0.3 is 0 Å². The summed E-state index contributed by atoms with van der Waals surface area (Å²) in [6, 6.07) is 11.3. The van der Waals surface area contributed by atoms with Crippen molar-refractivity contribution in [1.29, 1.82) is 0 Å². The lowest BCUT2D eigenvalue weighted by atomic mass is 10.0. The monoisotopic (exact) mass is 344 g/mol. The largest absolute Gasteiger partial charge is 0.467 e. The molecule has 1 fully saturated rings. The molecule has 1 amide bonds. The van der Waals surface area contributed by atoms with Crippen LogP contribution in [0.25, 0.3) is 0 Å². The molecule has 3 rings (SSSR count). The van der Waals surface area contributed by atoms with Crippen molar-refractivity contribution in [3.8, 4) is 0 Å². The van der Waals surface area contributed by atoms with Crippen LogP contribution >= 0.6 is 0 Å². The van der Waals surface area contributed by atoms with Crippen LogP contribution in [0.15, 0.2) is 47.1 Å². The van der Waals surface area contributed by atoms with Gasteiger partial charge in [0.25, 0.3) is 5.91 Å². The fourth-order valence-electron chi connectivity index (χ4n) is 3.11. The Morgan fingerprint density at radius 3 is 2.84 bits per heavy atom. The Bertz CT molecular complexity index is 669. The summed E-state index contributed by atoms with van der Waals surface area (Å²) in [5.41, 5.74) is 1.78. The standard InChI is InChI=1S/C19H24N2O4/c1-20-19(23)15-6-4-14(5-7-15)12-21-8-10-24-13-16(21)11-17(22)18-3-2-9-25-18/h2-7,9,16-17,22H,8,10-13H2,1H3,(H,20,23). The first-order valence-electron chi connectivity index (χ1n) is 8.51. The number of benzene rings is 1. The highest BCUT2D eigenvalue weighted by atomic mass is 16.5. The van der Waals surface area contributed by atoms with E-state index in [1.807, 2.05) is 24.3 Å². The molecule has 2 aromatic rings. The number of hydrogen-bond acceptors (Lipinski definition) is 5. The molecule has 0 radical (unpaired) electrons. The highest BCUT2D eigenvalue weighted by molar-refractivity contribution is 5.93. The first-order chi connectivity index (χ1) is 12.2. The second-order valence-corrected chi connectivity index (χ2v) is 6.24. The Kier molecular flexibility index (Phi) is 5.86. The summed E-state index contributed by atoms with van der Waals surface area (Å²) in [7, 11) is 1.62. The number of hydrogen-bond donors (Lipinski definition) is 2. The molecule has 1 aliphatic rings. The van der Waals surface area contributed by atoms with E-state index in [9.17, 15) is 9.90 Å². The van der Waals surface area contributed by atoms with Gasteiger partial charge in [-0.1, -0.05) is 12.1 Å². The van der Waals surface area contributed by atoms with Gasteiger partial charge in [-0.25, -0.2) is 0 Å². The van der Waals surface area contributed by atoms with Crippen LogP contribution in [0.5, 0.6) is 0 Å². The first kappa shape index (κ1) is 17.7. The molecule has 0 spiro atoms. The minimum Gasteiger partial charge on any atom is -0.467 e. The molecule has 6 heteroatoms. The Balaban J connectivity index is 1.63. The summed E-state index contributed by atoms with van der Waals surface area (Å²) in [5, 5.41) is 13.0. The highest BCUT2D eigenvalue weighted by Gasteiger charge is 2.27. The van der Waals surface area contributed by atoms with Crippen molar-refractivity contribution >= 4 is 5.91 Å². The Labute approximate surface area is 147 Å². The molecule has 1 saturated heterocycles. The number of aliphatic hydroxyl groups is 1. The molecule has 134 valence electrons. The van der Waals surface area contributed by atoms with Gasteiger partial charge in [-0.05, 0) is 36.2 Å². The molecule has 0 saturated carbocycles. The van der Waals surface area contributed by atoms with E-state index >= 15 is 0 Å². The van der Waals surface area contributed by atoms with Crippen LogP contribution in [0.1, 0.15) is 34.2 Å². The Hall–Kier alpha value is -2.15. The number of morpholine rings is 1. The average molecular weight is 344 g/mol. The molecule has 25 heavy (non-hydrogen) atoms. The van der Waals surface area contributed by atoms with Crippen molar-refractivity contribution in [3.63, 3.8) is 0 Å². The SMILES string of the molecule is CNC(=O)c1ccc(CN2CCOCC2CC(O)c2ccco2)cc1. The minimum absolute atomic E-state index is 0.0858. The summed E-state index contributed by atoms with van der Waals surface area (Å²) < 4.78 is 10.9. The minimum atomic E-state index is -0.639. The van der Waals surface area contributed by atoms with E-state index in [2.05, 4.69) is 10.2 Å². The summed E-state index contributed by atoms with van der Waals surface area (Å²) >= 11 is 0. The Morgan fingerprint density at radius 2 is 2.16 bits per heavy atom. The van der Waals surface area contributed by atoms with Crippen LogP contribution in [0, 0.1) is 0 Å². The molecule has 1 aliphatic heterocycles. The molecule has 0 bridgehead atoms. The van der Waals surface area contributed by atoms with Gasteiger partial charge in [0.15, 0.2) is 0 Å². The Morgan fingerprint density at radius 1 is 1.36 bits per heavy atom. The molecule has 2 unspecified atom stereocenters. The molecule has 1 aromatic heterocycles. The third kappa shape index (κ3) is 4.48. The zero-order valence-electron chi connectivity index (χ0n) is 14.4. The van der Waals surface area contributed by atoms with Gasteiger partial charge in [-0.15, -0.1) is 0 Å². The molecule has 6 nitrogen and oxygen atoms in total. The van der Waals surface area contributed by atoms with E-state index in [4.69, 9.17) is 9.15 Å². The van der Waals surface area contributed by atoms with E-state index in [1.165, 1.54) is 0 Å². The third-order valence-corrected chi connectivity index (χ3v) is 4.55. The highest BCUT2D eigenvalue weighted by Crippen LogP contribution is 2.24. The third-order valence-electron chi connectivity index (χ3n) is 4.55. The predicted octanol–water partition coefficient (Wildman–Crippen LogP) is 1.96. The van der Waals surface area contributed by atoms with E-state index in [0.29, 0.717) is 31.0 Å². The summed E-state index contributed by atoms with van der Waals surface area (Å²) in [6.45, 7) is 2.84. The second-order valence-electron chi connectivity index (χ2n) is 6.24. The van der Waals surface area contributed by atoms with Crippen LogP contribution in [0.3, 0.4) is 0 Å². The van der Waals surface area contributed by atoms with Crippen molar-refractivity contribution in [2.75, 3.05) is 26.8 Å². The van der Waals surface area contributed by atoms with Gasteiger partial charge in [-0.3, -0.25) is 9.69 Å². The van der Waals surface area contributed by atoms with Crippen LogP contribution in [-0.4, -0.2) is 48.8 Å². The van der Waals surface area contributed by atoms with Gasteiger partial charge in [0.1, 0.15) is 11.9 Å². The van der Waals surface area contributed by atoms with Gasteiger partial charge < -0.3 is 19.6 Å². The topological polar surface area (TPSA) is 74.9 Å². The lowest BCUT2D eigenvalue weighted by Gasteiger charge is -2.36. The summed E-state index contributed by atoms with van der Waals surface area (Å²) in [4.78, 5) is 13.9. The predicted molar refractivity (Wildman–Crippen MR) is 93.1 cm³/mol. The van der Waals surface area contributed by atoms with Gasteiger partial charge in [0.2, 0.25) is 0 Å². The molecule has 1 aromatic carbocycles. The van der Waals surface area contributed by atoms with E-state index < -0.39 is 6.10 Å². The molecule has 2 atom stereocenters. The number of aliphatic hydroxyl groups excluding tert-OH is 1. The number of nitrogens with one attached hydrogen (secondary N) is 1. The maximum atomic E-state index is 11.6. The number of rotatable bonds is 6. The van der Waals surface area contributed by atoms with Crippen molar-refractivity contribution < 1.29 is 19.1 Å². The molecular weight excluding hydrogens is 320 g/mol. The lowest BCUT2D eigenvalue weighted by Crippen LogP contribution is -2.45. The first-order valence-corrected chi connectivity index (χ1v) is 8.51. The quantitative estimate of drug-likeness (QED) is 0.838. The van der Waals surface area contributed by atoms with Gasteiger partial charge in [-0.2, -0.15) is 0 Å². The van der Waals surface area contributed by atoms with Crippen molar-refractivity contribution in [3.05, 3.63) is 59.5 Å². The number of ether oxygens (including phenoxy) is 1.